The zero-order valence-corrected chi connectivity index (χ0v) is 7.37. The van der Waals surface area contributed by atoms with Gasteiger partial charge in [-0.05, 0) is 15.9 Å². The smallest absolute Gasteiger partial charge is 0.356 e. The highest BCUT2D eigenvalue weighted by molar-refractivity contribution is 9.10. The minimum Gasteiger partial charge on any atom is -0.476 e. The van der Waals surface area contributed by atoms with E-state index in [4.69, 9.17) is 5.11 Å². The fourth-order valence-corrected chi connectivity index (χ4v) is 1.37. The number of rotatable bonds is 1. The third-order valence-corrected chi connectivity index (χ3v) is 2.10. The third-order valence-electron chi connectivity index (χ3n) is 1.51. The zero-order chi connectivity index (χ0) is 8.72. The summed E-state index contributed by atoms with van der Waals surface area (Å²) < 4.78 is 2.14. The number of H-pyrrole nitrogens is 1. The Morgan fingerprint density at radius 3 is 3.17 bits per heavy atom. The first-order chi connectivity index (χ1) is 5.70. The topological polar surface area (TPSA) is 70.4 Å². The van der Waals surface area contributed by atoms with Crippen molar-refractivity contribution >= 4 is 27.5 Å². The summed E-state index contributed by atoms with van der Waals surface area (Å²) in [6.07, 6.45) is 2.94. The highest BCUT2D eigenvalue weighted by Gasteiger charge is 2.12. The molecule has 0 aromatic carbocycles. The number of aromatic carboxylic acids is 1. The molecule has 62 valence electrons. The van der Waals surface area contributed by atoms with Crippen LogP contribution in [0, 0.1) is 0 Å². The van der Waals surface area contributed by atoms with E-state index >= 15 is 0 Å². The predicted molar refractivity (Wildman–Crippen MR) is 44.2 cm³/mol. The molecule has 0 saturated heterocycles. The lowest BCUT2D eigenvalue weighted by Gasteiger charge is -1.88. The van der Waals surface area contributed by atoms with Crippen molar-refractivity contribution in [3.8, 4) is 0 Å². The maximum Gasteiger partial charge on any atom is 0.356 e. The molecule has 0 saturated carbocycles. The van der Waals surface area contributed by atoms with Crippen LogP contribution in [0.2, 0.25) is 0 Å². The number of fused-ring (bicyclic) bond motifs is 1. The first-order valence-electron chi connectivity index (χ1n) is 3.14. The minimum absolute atomic E-state index is 0.121. The average molecular weight is 230 g/mol. The van der Waals surface area contributed by atoms with E-state index in [2.05, 4.69) is 26.0 Å². The number of hydrogen-bond donors (Lipinski definition) is 2. The van der Waals surface area contributed by atoms with Gasteiger partial charge < -0.3 is 5.11 Å². The van der Waals surface area contributed by atoms with Gasteiger partial charge in [0.1, 0.15) is 0 Å². The number of carboxylic acid groups (broad SMARTS) is 1. The molecule has 2 heterocycles. The van der Waals surface area contributed by atoms with Crippen molar-refractivity contribution in [1.29, 1.82) is 0 Å². The summed E-state index contributed by atoms with van der Waals surface area (Å²) in [7, 11) is 0. The SMILES string of the molecule is O=C(O)c1cnc2c(Br)c[nH]n12. The van der Waals surface area contributed by atoms with Gasteiger partial charge in [-0.1, -0.05) is 0 Å². The number of aromatic amines is 1. The molecule has 0 atom stereocenters. The van der Waals surface area contributed by atoms with Gasteiger partial charge in [-0.15, -0.1) is 0 Å². The lowest BCUT2D eigenvalue weighted by Crippen LogP contribution is -2.01. The number of carboxylic acids is 1. The Bertz CT molecular complexity index is 445. The summed E-state index contributed by atoms with van der Waals surface area (Å²) in [6.45, 7) is 0. The molecule has 2 aromatic heterocycles. The standard InChI is InChI=1S/C6H4BrN3O2/c7-3-1-9-10-4(6(11)12)2-8-5(3)10/h1-2,9H,(H,11,12). The van der Waals surface area contributed by atoms with Crippen molar-refractivity contribution in [3.63, 3.8) is 0 Å². The van der Waals surface area contributed by atoms with E-state index < -0.39 is 5.97 Å². The van der Waals surface area contributed by atoms with E-state index in [1.54, 1.807) is 6.20 Å². The normalized spacial score (nSPS) is 10.8. The molecule has 0 aliphatic heterocycles. The van der Waals surface area contributed by atoms with Crippen LogP contribution in [0.3, 0.4) is 0 Å². The summed E-state index contributed by atoms with van der Waals surface area (Å²) in [6, 6.07) is 0. The van der Waals surface area contributed by atoms with E-state index in [1.807, 2.05) is 0 Å². The summed E-state index contributed by atoms with van der Waals surface area (Å²) in [5.41, 5.74) is 0.697. The number of carbonyl (C=O) groups is 1. The van der Waals surface area contributed by atoms with E-state index in [0.717, 1.165) is 4.47 Å². The van der Waals surface area contributed by atoms with Gasteiger partial charge >= 0.3 is 5.97 Å². The third kappa shape index (κ3) is 0.845. The van der Waals surface area contributed by atoms with Crippen LogP contribution in [0.4, 0.5) is 0 Å². The fourth-order valence-electron chi connectivity index (χ4n) is 0.988. The molecule has 0 spiro atoms. The monoisotopic (exact) mass is 229 g/mol. The van der Waals surface area contributed by atoms with Gasteiger partial charge in [-0.25, -0.2) is 14.3 Å². The molecule has 2 N–H and O–H groups in total. The number of aromatic nitrogens is 3. The molecule has 0 radical (unpaired) electrons. The largest absolute Gasteiger partial charge is 0.476 e. The number of hydrogen-bond acceptors (Lipinski definition) is 2. The Kier molecular flexibility index (Phi) is 1.44. The van der Waals surface area contributed by atoms with Crippen molar-refractivity contribution < 1.29 is 9.90 Å². The van der Waals surface area contributed by atoms with E-state index in [-0.39, 0.29) is 5.69 Å². The average Bonchev–Trinajstić information content (AvgIpc) is 2.53. The lowest BCUT2D eigenvalue weighted by molar-refractivity contribution is 0.0688. The van der Waals surface area contributed by atoms with Crippen LogP contribution >= 0.6 is 15.9 Å². The van der Waals surface area contributed by atoms with Crippen LogP contribution in [-0.4, -0.2) is 25.7 Å². The molecule has 0 bridgehead atoms. The Hall–Kier alpha value is -1.30. The first kappa shape index (κ1) is 7.35. The van der Waals surface area contributed by atoms with E-state index in [1.165, 1.54) is 10.7 Å². The molecule has 2 aromatic rings. The number of imidazole rings is 1. The van der Waals surface area contributed by atoms with Gasteiger partial charge in [0.05, 0.1) is 10.7 Å². The van der Waals surface area contributed by atoms with E-state index in [0.29, 0.717) is 5.65 Å². The van der Waals surface area contributed by atoms with Crippen LogP contribution < -0.4 is 0 Å². The van der Waals surface area contributed by atoms with Gasteiger partial charge in [-0.3, -0.25) is 5.10 Å². The Balaban J connectivity index is 2.79. The highest BCUT2D eigenvalue weighted by Crippen LogP contribution is 2.16. The Morgan fingerprint density at radius 2 is 2.50 bits per heavy atom. The Labute approximate surface area is 75.1 Å². The fraction of sp³-hybridized carbons (Fsp3) is 0. The van der Waals surface area contributed by atoms with Crippen molar-refractivity contribution in [2.75, 3.05) is 0 Å². The van der Waals surface area contributed by atoms with Crippen molar-refractivity contribution in [2.45, 2.75) is 0 Å². The number of halogens is 1. The molecule has 0 aliphatic rings. The molecule has 0 unspecified atom stereocenters. The molecule has 0 amide bonds. The van der Waals surface area contributed by atoms with Gasteiger partial charge in [0.15, 0.2) is 11.3 Å². The minimum atomic E-state index is -1.00. The molecule has 0 aliphatic carbocycles. The maximum atomic E-state index is 10.6. The lowest BCUT2D eigenvalue weighted by atomic mass is 10.5. The maximum absolute atomic E-state index is 10.6. The molecular weight excluding hydrogens is 226 g/mol. The van der Waals surface area contributed by atoms with Crippen LogP contribution in [0.5, 0.6) is 0 Å². The second-order valence-electron chi connectivity index (χ2n) is 2.23. The number of nitrogens with one attached hydrogen (secondary N) is 1. The van der Waals surface area contributed by atoms with Crippen molar-refractivity contribution in [3.05, 3.63) is 22.6 Å². The van der Waals surface area contributed by atoms with Gasteiger partial charge in [0.25, 0.3) is 0 Å². The predicted octanol–water partition coefficient (Wildman–Crippen LogP) is 1.12. The highest BCUT2D eigenvalue weighted by atomic mass is 79.9. The van der Waals surface area contributed by atoms with Crippen LogP contribution in [0.15, 0.2) is 16.9 Å². The van der Waals surface area contributed by atoms with Crippen molar-refractivity contribution in [1.82, 2.24) is 14.6 Å². The first-order valence-corrected chi connectivity index (χ1v) is 3.93. The van der Waals surface area contributed by atoms with Crippen molar-refractivity contribution in [2.24, 2.45) is 0 Å². The number of nitrogens with zero attached hydrogens (tertiary/aromatic N) is 2. The molecular formula is C6H4BrN3O2. The molecule has 12 heavy (non-hydrogen) atoms. The second kappa shape index (κ2) is 2.34. The quantitative estimate of drug-likeness (QED) is 0.771. The summed E-state index contributed by atoms with van der Waals surface area (Å²) in [5, 5.41) is 11.4. The van der Waals surface area contributed by atoms with Crippen LogP contribution in [-0.2, 0) is 0 Å². The summed E-state index contributed by atoms with van der Waals surface area (Å²) in [4.78, 5) is 14.5. The summed E-state index contributed by atoms with van der Waals surface area (Å²) >= 11 is 3.22. The van der Waals surface area contributed by atoms with Gasteiger partial charge in [0, 0.05) is 6.20 Å². The molecule has 2 rings (SSSR count). The Morgan fingerprint density at radius 1 is 1.75 bits per heavy atom. The van der Waals surface area contributed by atoms with Gasteiger partial charge in [-0.2, -0.15) is 0 Å². The van der Waals surface area contributed by atoms with Crippen LogP contribution in [0.1, 0.15) is 10.5 Å². The molecule has 5 nitrogen and oxygen atoms in total. The molecule has 0 fully saturated rings. The summed E-state index contributed by atoms with van der Waals surface area (Å²) in [5.74, 6) is -1.00. The van der Waals surface area contributed by atoms with E-state index in [9.17, 15) is 4.79 Å². The molecule has 6 heteroatoms. The second-order valence-corrected chi connectivity index (χ2v) is 3.08. The van der Waals surface area contributed by atoms with Gasteiger partial charge in [0.2, 0.25) is 0 Å². The zero-order valence-electron chi connectivity index (χ0n) is 5.78. The van der Waals surface area contributed by atoms with Crippen LogP contribution in [0.25, 0.3) is 5.65 Å².